The molecule has 0 bridgehead atoms. The fourth-order valence-corrected chi connectivity index (χ4v) is 3.19. The van der Waals surface area contributed by atoms with Gasteiger partial charge in [-0.05, 0) is 42.3 Å². The maximum absolute atomic E-state index is 9.64. The van der Waals surface area contributed by atoms with Gasteiger partial charge in [-0.1, -0.05) is 47.1 Å². The maximum Gasteiger partial charge on any atom is 0.0878 e. The van der Waals surface area contributed by atoms with E-state index in [2.05, 4.69) is 70.5 Å². The third kappa shape index (κ3) is 4.53. The molecule has 2 aromatic carbocycles. The number of oxime groups is 1. The summed E-state index contributed by atoms with van der Waals surface area (Å²) in [5.41, 5.74) is 6.32. The van der Waals surface area contributed by atoms with Crippen molar-refractivity contribution in [3.63, 3.8) is 0 Å². The van der Waals surface area contributed by atoms with Gasteiger partial charge in [0.25, 0.3) is 0 Å². The van der Waals surface area contributed by atoms with Crippen LogP contribution in [0.2, 0.25) is 0 Å². The molecule has 27 heavy (non-hydrogen) atoms. The first-order chi connectivity index (χ1) is 13.1. The van der Waals surface area contributed by atoms with Gasteiger partial charge in [-0.25, -0.2) is 0 Å². The molecule has 3 rings (SSSR count). The molecule has 0 spiro atoms. The van der Waals surface area contributed by atoms with Gasteiger partial charge in [0.05, 0.1) is 5.71 Å². The van der Waals surface area contributed by atoms with E-state index in [1.54, 1.807) is 12.4 Å². The molecule has 3 aromatic rings. The van der Waals surface area contributed by atoms with Gasteiger partial charge in [0.1, 0.15) is 0 Å². The van der Waals surface area contributed by atoms with Gasteiger partial charge in [0.15, 0.2) is 0 Å². The van der Waals surface area contributed by atoms with Gasteiger partial charge in [-0.15, -0.1) is 0 Å². The van der Waals surface area contributed by atoms with Crippen molar-refractivity contribution in [3.8, 4) is 0 Å². The van der Waals surface area contributed by atoms with E-state index in [9.17, 15) is 5.21 Å². The van der Waals surface area contributed by atoms with E-state index < -0.39 is 0 Å². The lowest BCUT2D eigenvalue weighted by molar-refractivity contribution is 0.317. The van der Waals surface area contributed by atoms with Crippen molar-refractivity contribution < 1.29 is 5.21 Å². The molecule has 1 aromatic heterocycles. The number of pyridine rings is 1. The second-order valence-corrected chi connectivity index (χ2v) is 6.94. The summed E-state index contributed by atoms with van der Waals surface area (Å²) >= 11 is 0. The summed E-state index contributed by atoms with van der Waals surface area (Å²) in [6, 6.07) is 20.9. The zero-order chi connectivity index (χ0) is 19.2. The van der Waals surface area contributed by atoms with Gasteiger partial charge in [-0.3, -0.25) is 4.98 Å². The summed E-state index contributed by atoms with van der Waals surface area (Å²) in [5, 5.41) is 13.2. The summed E-state index contributed by atoms with van der Waals surface area (Å²) in [7, 11) is 4.07. The highest BCUT2D eigenvalue weighted by atomic mass is 16.4. The molecule has 0 amide bonds. The molecule has 0 saturated heterocycles. The SMILES string of the molecule is Cc1ccc([C@H](C/C(=N\O)c2ccncc2)c2ccc(N(C)C)cc2)cc1. The molecule has 4 nitrogen and oxygen atoms in total. The second-order valence-electron chi connectivity index (χ2n) is 6.94. The molecule has 0 radical (unpaired) electrons. The fraction of sp³-hybridized carbons (Fsp3) is 0.217. The third-order valence-corrected chi connectivity index (χ3v) is 4.82. The predicted octanol–water partition coefficient (Wildman–Crippen LogP) is 4.86. The minimum atomic E-state index is 0.0980. The lowest BCUT2D eigenvalue weighted by atomic mass is 9.85. The number of rotatable bonds is 6. The second kappa shape index (κ2) is 8.49. The molecule has 0 aliphatic carbocycles. The van der Waals surface area contributed by atoms with Gasteiger partial charge in [0.2, 0.25) is 0 Å². The molecule has 1 N–H and O–H groups in total. The standard InChI is InChI=1S/C23H25N3O/c1-17-4-6-18(7-5-17)22(19-8-10-21(11-9-19)26(2)3)16-23(25-27)20-12-14-24-15-13-20/h4-15,22,27H,16H2,1-3H3/b25-23+/t22-/m0/s1. The molecular weight excluding hydrogens is 334 g/mol. The van der Waals surface area contributed by atoms with E-state index in [4.69, 9.17) is 0 Å². The number of nitrogens with zero attached hydrogens (tertiary/aromatic N) is 3. The Hall–Kier alpha value is -3.14. The number of hydrogen-bond acceptors (Lipinski definition) is 4. The van der Waals surface area contributed by atoms with Crippen LogP contribution < -0.4 is 4.90 Å². The van der Waals surface area contributed by atoms with E-state index in [1.807, 2.05) is 26.2 Å². The first-order valence-electron chi connectivity index (χ1n) is 9.03. The van der Waals surface area contributed by atoms with Crippen LogP contribution in [0.1, 0.15) is 34.6 Å². The Morgan fingerprint density at radius 3 is 2.00 bits per heavy atom. The Kier molecular flexibility index (Phi) is 5.87. The van der Waals surface area contributed by atoms with E-state index in [0.29, 0.717) is 12.1 Å². The monoisotopic (exact) mass is 359 g/mol. The van der Waals surface area contributed by atoms with Crippen LogP contribution in [0, 0.1) is 6.92 Å². The first-order valence-corrected chi connectivity index (χ1v) is 9.03. The molecule has 0 unspecified atom stereocenters. The third-order valence-electron chi connectivity index (χ3n) is 4.82. The number of benzene rings is 2. The molecule has 0 aliphatic rings. The Bertz CT molecular complexity index is 885. The van der Waals surface area contributed by atoms with Gasteiger partial charge >= 0.3 is 0 Å². The highest BCUT2D eigenvalue weighted by Gasteiger charge is 2.19. The van der Waals surface area contributed by atoms with Crippen LogP contribution >= 0.6 is 0 Å². The van der Waals surface area contributed by atoms with Crippen molar-refractivity contribution in [2.24, 2.45) is 5.16 Å². The highest BCUT2D eigenvalue weighted by Crippen LogP contribution is 2.31. The fourth-order valence-electron chi connectivity index (χ4n) is 3.19. The van der Waals surface area contributed by atoms with Crippen molar-refractivity contribution in [3.05, 3.63) is 95.3 Å². The Morgan fingerprint density at radius 1 is 0.926 bits per heavy atom. The van der Waals surface area contributed by atoms with Crippen LogP contribution in [0.25, 0.3) is 0 Å². The zero-order valence-electron chi connectivity index (χ0n) is 16.0. The normalized spacial score (nSPS) is 12.6. The lowest BCUT2D eigenvalue weighted by Gasteiger charge is -2.20. The van der Waals surface area contributed by atoms with Crippen molar-refractivity contribution >= 4 is 11.4 Å². The quantitative estimate of drug-likeness (QED) is 0.388. The van der Waals surface area contributed by atoms with Crippen LogP contribution in [-0.4, -0.2) is 30.0 Å². The topological polar surface area (TPSA) is 48.7 Å². The van der Waals surface area contributed by atoms with Crippen molar-refractivity contribution in [1.29, 1.82) is 0 Å². The molecule has 0 fully saturated rings. The average Bonchev–Trinajstić information content (AvgIpc) is 2.71. The smallest absolute Gasteiger partial charge is 0.0878 e. The van der Waals surface area contributed by atoms with Crippen LogP contribution in [0.3, 0.4) is 0 Å². The summed E-state index contributed by atoms with van der Waals surface area (Å²) in [4.78, 5) is 6.14. The molecular formula is C23H25N3O. The summed E-state index contributed by atoms with van der Waals surface area (Å²) < 4.78 is 0. The predicted molar refractivity (Wildman–Crippen MR) is 111 cm³/mol. The summed E-state index contributed by atoms with van der Waals surface area (Å²) in [5.74, 6) is 0.0980. The zero-order valence-corrected chi connectivity index (χ0v) is 16.0. The molecule has 0 saturated carbocycles. The largest absolute Gasteiger partial charge is 0.411 e. The molecule has 1 atom stereocenters. The summed E-state index contributed by atoms with van der Waals surface area (Å²) in [6.45, 7) is 2.09. The molecule has 4 heteroatoms. The Morgan fingerprint density at radius 2 is 1.48 bits per heavy atom. The highest BCUT2D eigenvalue weighted by molar-refractivity contribution is 6.00. The minimum Gasteiger partial charge on any atom is -0.411 e. The number of hydrogen-bond donors (Lipinski definition) is 1. The molecule has 1 heterocycles. The first kappa shape index (κ1) is 18.6. The van der Waals surface area contributed by atoms with Gasteiger partial charge in [-0.2, -0.15) is 0 Å². The Labute approximate surface area is 160 Å². The van der Waals surface area contributed by atoms with E-state index in [1.165, 1.54) is 16.7 Å². The summed E-state index contributed by atoms with van der Waals surface area (Å²) in [6.07, 6.45) is 4.03. The maximum atomic E-state index is 9.64. The average molecular weight is 359 g/mol. The minimum absolute atomic E-state index is 0.0980. The Balaban J connectivity index is 1.98. The van der Waals surface area contributed by atoms with Crippen molar-refractivity contribution in [1.82, 2.24) is 4.98 Å². The van der Waals surface area contributed by atoms with Gasteiger partial charge < -0.3 is 10.1 Å². The van der Waals surface area contributed by atoms with Gasteiger partial charge in [0, 0.05) is 50.1 Å². The van der Waals surface area contributed by atoms with Crippen LogP contribution in [0.15, 0.2) is 78.2 Å². The molecule has 138 valence electrons. The number of aromatic nitrogens is 1. The lowest BCUT2D eigenvalue weighted by Crippen LogP contribution is -2.12. The van der Waals surface area contributed by atoms with E-state index >= 15 is 0 Å². The van der Waals surface area contributed by atoms with E-state index in [0.717, 1.165) is 11.3 Å². The molecule has 0 aliphatic heterocycles. The number of anilines is 1. The van der Waals surface area contributed by atoms with E-state index in [-0.39, 0.29) is 5.92 Å². The van der Waals surface area contributed by atoms with Crippen molar-refractivity contribution in [2.75, 3.05) is 19.0 Å². The number of aryl methyl sites for hydroxylation is 1. The van der Waals surface area contributed by atoms with Crippen molar-refractivity contribution in [2.45, 2.75) is 19.3 Å². The van der Waals surface area contributed by atoms with Crippen LogP contribution in [-0.2, 0) is 0 Å². The van der Waals surface area contributed by atoms with Crippen LogP contribution in [0.4, 0.5) is 5.69 Å². The van der Waals surface area contributed by atoms with Crippen LogP contribution in [0.5, 0.6) is 0 Å².